The Hall–Kier alpha value is -1.93. The van der Waals surface area contributed by atoms with Gasteiger partial charge < -0.3 is 14.8 Å². The average molecular weight is 390 g/mol. The van der Waals surface area contributed by atoms with Crippen LogP contribution >= 0.6 is 11.8 Å². The van der Waals surface area contributed by atoms with Gasteiger partial charge in [0.15, 0.2) is 0 Å². The summed E-state index contributed by atoms with van der Waals surface area (Å²) in [7, 11) is 0. The molecule has 0 atom stereocenters. The lowest BCUT2D eigenvalue weighted by Crippen LogP contribution is -2.39. The maximum absolute atomic E-state index is 12.9. The molecule has 27 heavy (non-hydrogen) atoms. The average Bonchev–Trinajstić information content (AvgIpc) is 3.14. The molecular formula is C19H24FN5OS. The third kappa shape index (κ3) is 4.32. The Kier molecular flexibility index (Phi) is 5.73. The summed E-state index contributed by atoms with van der Waals surface area (Å²) in [6, 6.07) is 6.41. The topological polar surface area (TPSA) is 63.1 Å². The summed E-state index contributed by atoms with van der Waals surface area (Å²) in [5.74, 6) is 3.19. The summed E-state index contributed by atoms with van der Waals surface area (Å²) in [5, 5.41) is 12.0. The minimum atomic E-state index is -0.233. The standard InChI is InChI=1S/C19H24FN5OS/c20-15-1-3-16(4-2-15)27-12-7-18(26)24-9-5-14(6-10-24)19-23-22-17-13-21-8-11-25(17)19/h1-4,14,21H,5-13H2. The number of benzene rings is 1. The van der Waals surface area contributed by atoms with Crippen LogP contribution in [0, 0.1) is 5.82 Å². The van der Waals surface area contributed by atoms with Crippen LogP contribution in [-0.2, 0) is 17.9 Å². The molecule has 1 fully saturated rings. The number of fused-ring (bicyclic) bond motifs is 1. The van der Waals surface area contributed by atoms with Crippen LogP contribution in [0.3, 0.4) is 0 Å². The van der Waals surface area contributed by atoms with E-state index in [0.717, 1.165) is 67.9 Å². The molecule has 3 heterocycles. The number of aromatic nitrogens is 3. The number of hydrogen-bond donors (Lipinski definition) is 1. The van der Waals surface area contributed by atoms with Crippen molar-refractivity contribution in [3.63, 3.8) is 0 Å². The Morgan fingerprint density at radius 2 is 1.96 bits per heavy atom. The van der Waals surface area contributed by atoms with Gasteiger partial charge >= 0.3 is 0 Å². The fourth-order valence-electron chi connectivity index (χ4n) is 3.75. The molecule has 6 nitrogen and oxygen atoms in total. The second kappa shape index (κ2) is 8.39. The van der Waals surface area contributed by atoms with Crippen LogP contribution < -0.4 is 5.32 Å². The third-order valence-corrected chi connectivity index (χ3v) is 6.28. The van der Waals surface area contributed by atoms with Crippen molar-refractivity contribution >= 4 is 17.7 Å². The summed E-state index contributed by atoms with van der Waals surface area (Å²) < 4.78 is 15.2. The zero-order chi connectivity index (χ0) is 18.6. The highest BCUT2D eigenvalue weighted by Crippen LogP contribution is 2.28. The number of amides is 1. The molecule has 2 aliphatic heterocycles. The summed E-state index contributed by atoms with van der Waals surface area (Å²) >= 11 is 1.59. The molecule has 0 unspecified atom stereocenters. The molecule has 2 aliphatic rings. The Labute approximate surface area is 162 Å². The lowest BCUT2D eigenvalue weighted by Gasteiger charge is -2.32. The maximum Gasteiger partial charge on any atom is 0.223 e. The molecule has 4 rings (SSSR count). The number of likely N-dealkylation sites (tertiary alicyclic amines) is 1. The minimum Gasteiger partial charge on any atom is -0.343 e. The molecule has 2 aromatic rings. The van der Waals surface area contributed by atoms with Crippen molar-refractivity contribution in [1.82, 2.24) is 25.0 Å². The van der Waals surface area contributed by atoms with Gasteiger partial charge in [-0.25, -0.2) is 4.39 Å². The summed E-state index contributed by atoms with van der Waals surface area (Å²) in [6.07, 6.45) is 2.41. The smallest absolute Gasteiger partial charge is 0.223 e. The van der Waals surface area contributed by atoms with Crippen LogP contribution in [0.25, 0.3) is 0 Å². The van der Waals surface area contributed by atoms with E-state index in [0.29, 0.717) is 12.3 Å². The highest BCUT2D eigenvalue weighted by Gasteiger charge is 2.28. The fraction of sp³-hybridized carbons (Fsp3) is 0.526. The van der Waals surface area contributed by atoms with Gasteiger partial charge in [0, 0.05) is 49.2 Å². The predicted octanol–water partition coefficient (Wildman–Crippen LogP) is 2.41. The normalized spacial score (nSPS) is 17.7. The van der Waals surface area contributed by atoms with E-state index in [9.17, 15) is 9.18 Å². The number of thioether (sulfide) groups is 1. The van der Waals surface area contributed by atoms with Gasteiger partial charge in [0.25, 0.3) is 0 Å². The second-order valence-corrected chi connectivity index (χ2v) is 8.18. The van der Waals surface area contributed by atoms with Crippen LogP contribution in [0.1, 0.15) is 36.8 Å². The molecule has 1 aromatic heterocycles. The van der Waals surface area contributed by atoms with E-state index in [-0.39, 0.29) is 11.7 Å². The summed E-state index contributed by atoms with van der Waals surface area (Å²) in [6.45, 7) is 4.24. The summed E-state index contributed by atoms with van der Waals surface area (Å²) in [4.78, 5) is 15.4. The van der Waals surface area contributed by atoms with Gasteiger partial charge in [-0.1, -0.05) is 0 Å². The number of halogens is 1. The number of nitrogens with zero attached hydrogens (tertiary/aromatic N) is 4. The molecule has 1 aromatic carbocycles. The van der Waals surface area contributed by atoms with Gasteiger partial charge in [0.2, 0.25) is 5.91 Å². The molecule has 0 saturated carbocycles. The van der Waals surface area contributed by atoms with E-state index < -0.39 is 0 Å². The number of hydrogen-bond acceptors (Lipinski definition) is 5. The fourth-order valence-corrected chi connectivity index (χ4v) is 4.59. The highest BCUT2D eigenvalue weighted by molar-refractivity contribution is 7.99. The first-order valence-corrected chi connectivity index (χ1v) is 10.5. The van der Waals surface area contributed by atoms with Crippen molar-refractivity contribution in [2.24, 2.45) is 0 Å². The zero-order valence-corrected chi connectivity index (χ0v) is 16.1. The van der Waals surface area contributed by atoms with Crippen LogP contribution in [-0.4, -0.2) is 51.0 Å². The highest BCUT2D eigenvalue weighted by atomic mass is 32.2. The Balaban J connectivity index is 1.24. The van der Waals surface area contributed by atoms with E-state index in [1.54, 1.807) is 23.9 Å². The Morgan fingerprint density at radius 3 is 2.74 bits per heavy atom. The number of piperidine rings is 1. The van der Waals surface area contributed by atoms with Gasteiger partial charge in [0.05, 0.1) is 6.54 Å². The molecule has 0 aliphatic carbocycles. The Bertz CT molecular complexity index is 786. The SMILES string of the molecule is O=C(CCSc1ccc(F)cc1)N1CCC(c2nnc3n2CCNC3)CC1. The molecule has 144 valence electrons. The van der Waals surface area contributed by atoms with Crippen molar-refractivity contribution in [3.05, 3.63) is 41.7 Å². The van der Waals surface area contributed by atoms with Crippen molar-refractivity contribution in [2.75, 3.05) is 25.4 Å². The van der Waals surface area contributed by atoms with E-state index in [1.807, 2.05) is 4.90 Å². The lowest BCUT2D eigenvalue weighted by atomic mass is 9.95. The molecule has 0 spiro atoms. The number of rotatable bonds is 5. The van der Waals surface area contributed by atoms with Crippen molar-refractivity contribution < 1.29 is 9.18 Å². The molecule has 0 radical (unpaired) electrons. The second-order valence-electron chi connectivity index (χ2n) is 7.01. The number of nitrogens with one attached hydrogen (secondary N) is 1. The lowest BCUT2D eigenvalue weighted by molar-refractivity contribution is -0.131. The van der Waals surface area contributed by atoms with E-state index >= 15 is 0 Å². The summed E-state index contributed by atoms with van der Waals surface area (Å²) in [5.41, 5.74) is 0. The monoisotopic (exact) mass is 389 g/mol. The largest absolute Gasteiger partial charge is 0.343 e. The van der Waals surface area contributed by atoms with E-state index in [4.69, 9.17) is 0 Å². The number of carbonyl (C=O) groups is 1. The van der Waals surface area contributed by atoms with Crippen LogP contribution in [0.4, 0.5) is 4.39 Å². The molecule has 1 saturated heterocycles. The molecular weight excluding hydrogens is 365 g/mol. The van der Waals surface area contributed by atoms with Gasteiger partial charge in [-0.3, -0.25) is 4.79 Å². The van der Waals surface area contributed by atoms with Crippen molar-refractivity contribution in [2.45, 2.75) is 43.2 Å². The quantitative estimate of drug-likeness (QED) is 0.796. The van der Waals surface area contributed by atoms with Crippen LogP contribution in [0.2, 0.25) is 0 Å². The minimum absolute atomic E-state index is 0.204. The predicted molar refractivity (Wildman–Crippen MR) is 102 cm³/mol. The first kappa shape index (κ1) is 18.4. The van der Waals surface area contributed by atoms with Gasteiger partial charge in [-0.15, -0.1) is 22.0 Å². The Morgan fingerprint density at radius 1 is 1.19 bits per heavy atom. The number of carbonyl (C=O) groups excluding carboxylic acids is 1. The van der Waals surface area contributed by atoms with Gasteiger partial charge in [-0.05, 0) is 37.1 Å². The van der Waals surface area contributed by atoms with Crippen molar-refractivity contribution in [3.8, 4) is 0 Å². The van der Waals surface area contributed by atoms with Gasteiger partial charge in [0.1, 0.15) is 17.5 Å². The molecule has 1 amide bonds. The zero-order valence-electron chi connectivity index (χ0n) is 15.2. The molecule has 8 heteroatoms. The van der Waals surface area contributed by atoms with Crippen LogP contribution in [0.15, 0.2) is 29.2 Å². The first-order valence-electron chi connectivity index (χ1n) is 9.49. The molecule has 1 N–H and O–H groups in total. The molecule has 0 bridgehead atoms. The van der Waals surface area contributed by atoms with E-state index in [2.05, 4.69) is 20.1 Å². The first-order chi connectivity index (χ1) is 13.2. The van der Waals surface area contributed by atoms with E-state index in [1.165, 1.54) is 12.1 Å². The van der Waals surface area contributed by atoms with Crippen LogP contribution in [0.5, 0.6) is 0 Å². The van der Waals surface area contributed by atoms with Gasteiger partial charge in [-0.2, -0.15) is 0 Å². The van der Waals surface area contributed by atoms with Crippen molar-refractivity contribution in [1.29, 1.82) is 0 Å². The maximum atomic E-state index is 12.9. The third-order valence-electron chi connectivity index (χ3n) is 5.26.